The first kappa shape index (κ1) is 13.3. The van der Waals surface area contributed by atoms with Crippen LogP contribution in [0.5, 0.6) is 0 Å². The highest BCUT2D eigenvalue weighted by atomic mass is 32.2. The average molecular weight is 301 g/mol. The second-order valence-electron chi connectivity index (χ2n) is 5.51. The molecular weight excluding hydrogens is 282 g/mol. The lowest BCUT2D eigenvalue weighted by molar-refractivity contribution is 0.559. The minimum Gasteiger partial charge on any atom is -0.357 e. The topological polar surface area (TPSA) is 72.0 Å². The van der Waals surface area contributed by atoms with Crippen LogP contribution in [-0.2, 0) is 9.84 Å². The van der Waals surface area contributed by atoms with Gasteiger partial charge in [0.1, 0.15) is 15.7 Å². The van der Waals surface area contributed by atoms with E-state index in [1.807, 2.05) is 0 Å². The molecule has 1 aromatic heterocycles. The Morgan fingerprint density at radius 2 is 1.79 bits per heavy atom. The van der Waals surface area contributed by atoms with Gasteiger partial charge < -0.3 is 5.32 Å². The zero-order valence-corrected chi connectivity index (χ0v) is 12.5. The van der Waals surface area contributed by atoms with Crippen molar-refractivity contribution < 1.29 is 8.42 Å². The Bertz CT molecular complexity index is 521. The predicted molar refractivity (Wildman–Crippen MR) is 76.4 cm³/mol. The van der Waals surface area contributed by atoms with Gasteiger partial charge in [-0.05, 0) is 25.7 Å². The number of anilines is 1. The third kappa shape index (κ3) is 3.25. The predicted octanol–water partition coefficient (Wildman–Crippen LogP) is 2.18. The second kappa shape index (κ2) is 5.36. The quantitative estimate of drug-likeness (QED) is 0.926. The van der Waals surface area contributed by atoms with Crippen molar-refractivity contribution in [1.82, 2.24) is 9.36 Å². The SMILES string of the molecule is O=S1(=O)CCC(Nc2nc(C3CCCC3)ns2)CC1. The molecule has 106 valence electrons. The van der Waals surface area contributed by atoms with Gasteiger partial charge in [-0.25, -0.2) is 13.4 Å². The number of hydrogen-bond acceptors (Lipinski definition) is 6. The summed E-state index contributed by atoms with van der Waals surface area (Å²) in [5, 5.41) is 4.20. The summed E-state index contributed by atoms with van der Waals surface area (Å²) in [4.78, 5) is 4.57. The largest absolute Gasteiger partial charge is 0.357 e. The maximum Gasteiger partial charge on any atom is 0.202 e. The van der Waals surface area contributed by atoms with Gasteiger partial charge in [0.2, 0.25) is 5.13 Å². The van der Waals surface area contributed by atoms with Crippen LogP contribution in [0.4, 0.5) is 5.13 Å². The first-order valence-corrected chi connectivity index (χ1v) is 9.52. The van der Waals surface area contributed by atoms with E-state index in [0.29, 0.717) is 30.3 Å². The first-order valence-electron chi connectivity index (χ1n) is 6.93. The van der Waals surface area contributed by atoms with Crippen LogP contribution in [0.1, 0.15) is 50.3 Å². The monoisotopic (exact) mass is 301 g/mol. The lowest BCUT2D eigenvalue weighted by Crippen LogP contribution is -2.32. The number of aromatic nitrogens is 2. The fraction of sp³-hybridized carbons (Fsp3) is 0.833. The van der Waals surface area contributed by atoms with Crippen molar-refractivity contribution >= 4 is 26.5 Å². The summed E-state index contributed by atoms with van der Waals surface area (Å²) in [5.74, 6) is 2.10. The van der Waals surface area contributed by atoms with E-state index in [1.165, 1.54) is 37.2 Å². The van der Waals surface area contributed by atoms with E-state index in [9.17, 15) is 8.42 Å². The minimum atomic E-state index is -2.79. The normalized spacial score (nSPS) is 24.6. The number of nitrogens with one attached hydrogen (secondary N) is 1. The number of rotatable bonds is 3. The van der Waals surface area contributed by atoms with Crippen molar-refractivity contribution in [1.29, 1.82) is 0 Å². The van der Waals surface area contributed by atoms with Crippen LogP contribution in [0.25, 0.3) is 0 Å². The van der Waals surface area contributed by atoms with Crippen molar-refractivity contribution in [2.75, 3.05) is 16.8 Å². The van der Waals surface area contributed by atoms with Gasteiger partial charge >= 0.3 is 0 Å². The van der Waals surface area contributed by atoms with Crippen molar-refractivity contribution in [3.63, 3.8) is 0 Å². The Kier molecular flexibility index (Phi) is 3.75. The van der Waals surface area contributed by atoms with Crippen LogP contribution >= 0.6 is 11.5 Å². The van der Waals surface area contributed by atoms with E-state index in [4.69, 9.17) is 0 Å². The molecule has 2 aliphatic rings. The Morgan fingerprint density at radius 3 is 2.47 bits per heavy atom. The van der Waals surface area contributed by atoms with Crippen LogP contribution in [-0.4, -0.2) is 35.3 Å². The molecule has 0 unspecified atom stereocenters. The van der Waals surface area contributed by atoms with Gasteiger partial charge in [0.25, 0.3) is 0 Å². The highest BCUT2D eigenvalue weighted by molar-refractivity contribution is 7.91. The molecule has 19 heavy (non-hydrogen) atoms. The number of hydrogen-bond donors (Lipinski definition) is 1. The third-order valence-corrected chi connectivity index (χ3v) is 6.42. The molecule has 0 radical (unpaired) electrons. The van der Waals surface area contributed by atoms with Gasteiger partial charge in [-0.2, -0.15) is 4.37 Å². The van der Waals surface area contributed by atoms with Crippen molar-refractivity contribution in [2.24, 2.45) is 0 Å². The fourth-order valence-corrected chi connectivity index (χ4v) is 5.07. The Labute approximate surface area is 117 Å². The van der Waals surface area contributed by atoms with Crippen LogP contribution < -0.4 is 5.32 Å². The number of sulfone groups is 1. The Hall–Kier alpha value is -0.690. The summed E-state index contributed by atoms with van der Waals surface area (Å²) in [5.41, 5.74) is 0. The molecule has 0 atom stereocenters. The highest BCUT2D eigenvalue weighted by Crippen LogP contribution is 2.33. The Morgan fingerprint density at radius 1 is 1.11 bits per heavy atom. The smallest absolute Gasteiger partial charge is 0.202 e. The van der Waals surface area contributed by atoms with E-state index in [-0.39, 0.29) is 6.04 Å². The summed E-state index contributed by atoms with van der Waals surface area (Å²) in [7, 11) is -2.79. The fourth-order valence-electron chi connectivity index (χ4n) is 2.85. The summed E-state index contributed by atoms with van der Waals surface area (Å²) in [6.45, 7) is 0. The van der Waals surface area contributed by atoms with Gasteiger partial charge in [0, 0.05) is 23.5 Å². The summed E-state index contributed by atoms with van der Waals surface area (Å²) in [6.07, 6.45) is 6.34. The van der Waals surface area contributed by atoms with Crippen LogP contribution in [0, 0.1) is 0 Å². The van der Waals surface area contributed by atoms with E-state index in [0.717, 1.165) is 11.0 Å². The van der Waals surface area contributed by atoms with E-state index < -0.39 is 9.84 Å². The third-order valence-electron chi connectivity index (χ3n) is 4.04. The molecule has 0 bridgehead atoms. The van der Waals surface area contributed by atoms with E-state index in [1.54, 1.807) is 0 Å². The van der Waals surface area contributed by atoms with Crippen molar-refractivity contribution in [3.05, 3.63) is 5.82 Å². The van der Waals surface area contributed by atoms with Crippen LogP contribution in [0.3, 0.4) is 0 Å². The van der Waals surface area contributed by atoms with Crippen LogP contribution in [0.2, 0.25) is 0 Å². The van der Waals surface area contributed by atoms with Gasteiger partial charge in [-0.3, -0.25) is 0 Å². The molecule has 0 amide bonds. The molecule has 0 spiro atoms. The highest BCUT2D eigenvalue weighted by Gasteiger charge is 2.25. The van der Waals surface area contributed by atoms with Crippen LogP contribution in [0.15, 0.2) is 0 Å². The molecule has 1 aromatic rings. The molecule has 1 aliphatic heterocycles. The Balaban J connectivity index is 1.58. The molecular formula is C12H19N3O2S2. The molecule has 3 rings (SSSR count). The maximum atomic E-state index is 11.4. The minimum absolute atomic E-state index is 0.230. The lowest BCUT2D eigenvalue weighted by atomic mass is 10.1. The zero-order chi connectivity index (χ0) is 13.3. The molecule has 1 N–H and O–H groups in total. The zero-order valence-electron chi connectivity index (χ0n) is 10.8. The van der Waals surface area contributed by atoms with Gasteiger partial charge in [0.15, 0.2) is 0 Å². The van der Waals surface area contributed by atoms with E-state index >= 15 is 0 Å². The molecule has 1 saturated carbocycles. The summed E-state index contributed by atoms with van der Waals surface area (Å²) < 4.78 is 27.2. The van der Waals surface area contributed by atoms with Crippen molar-refractivity contribution in [2.45, 2.75) is 50.5 Å². The standard InChI is InChI=1S/C12H19N3O2S2/c16-19(17)7-5-10(6-8-19)13-12-14-11(15-18-12)9-3-1-2-4-9/h9-10H,1-8H2,(H,13,14,15). The average Bonchev–Trinajstić information content (AvgIpc) is 3.02. The summed E-state index contributed by atoms with van der Waals surface area (Å²) >= 11 is 1.41. The van der Waals surface area contributed by atoms with Gasteiger partial charge in [0.05, 0.1) is 11.5 Å². The molecule has 2 fully saturated rings. The summed E-state index contributed by atoms with van der Waals surface area (Å²) in [6, 6.07) is 0.230. The lowest BCUT2D eigenvalue weighted by Gasteiger charge is -2.22. The number of nitrogens with zero attached hydrogens (tertiary/aromatic N) is 2. The molecule has 0 aromatic carbocycles. The van der Waals surface area contributed by atoms with Crippen molar-refractivity contribution in [3.8, 4) is 0 Å². The second-order valence-corrected chi connectivity index (χ2v) is 8.57. The maximum absolute atomic E-state index is 11.4. The molecule has 2 heterocycles. The van der Waals surface area contributed by atoms with Gasteiger partial charge in [-0.15, -0.1) is 0 Å². The van der Waals surface area contributed by atoms with Gasteiger partial charge in [-0.1, -0.05) is 12.8 Å². The molecule has 1 aliphatic carbocycles. The first-order chi connectivity index (χ1) is 9.12. The molecule has 7 heteroatoms. The van der Waals surface area contributed by atoms with E-state index in [2.05, 4.69) is 14.7 Å². The molecule has 5 nitrogen and oxygen atoms in total. The molecule has 1 saturated heterocycles.